The number of ether oxygens (including phenoxy) is 2. The summed E-state index contributed by atoms with van der Waals surface area (Å²) in [6.07, 6.45) is 1.02. The number of benzene rings is 1. The summed E-state index contributed by atoms with van der Waals surface area (Å²) in [5.41, 5.74) is 2.14. The molecular weight excluding hydrogens is 258 g/mol. The van der Waals surface area contributed by atoms with Gasteiger partial charge in [-0.05, 0) is 18.1 Å². The molecule has 3 rings (SSSR count). The molecule has 1 aromatic rings. The predicted octanol–water partition coefficient (Wildman–Crippen LogP) is 0.959. The summed E-state index contributed by atoms with van der Waals surface area (Å²) in [6.45, 7) is 0.949. The first-order valence-electron chi connectivity index (χ1n) is 6.77. The van der Waals surface area contributed by atoms with Crippen molar-refractivity contribution >= 4 is 11.7 Å². The summed E-state index contributed by atoms with van der Waals surface area (Å²) < 4.78 is 10.6. The lowest BCUT2D eigenvalue weighted by molar-refractivity contribution is 0.0685. The molecule has 0 saturated carbocycles. The van der Waals surface area contributed by atoms with E-state index in [-0.39, 0.29) is 23.8 Å². The average Bonchev–Trinajstić information content (AvgIpc) is 3.05. The van der Waals surface area contributed by atoms with Crippen molar-refractivity contribution in [2.75, 3.05) is 20.3 Å². The van der Waals surface area contributed by atoms with Gasteiger partial charge in [0.05, 0.1) is 19.3 Å². The molecule has 20 heavy (non-hydrogen) atoms. The van der Waals surface area contributed by atoms with Gasteiger partial charge in [0.2, 0.25) is 0 Å². The molecule has 106 valence electrons. The Morgan fingerprint density at radius 3 is 3.00 bits per heavy atom. The van der Waals surface area contributed by atoms with E-state index in [0.717, 1.165) is 5.56 Å². The largest absolute Gasteiger partial charge is 0.377 e. The fourth-order valence-electron chi connectivity index (χ4n) is 2.85. The van der Waals surface area contributed by atoms with Gasteiger partial charge in [0.25, 0.3) is 5.91 Å². The van der Waals surface area contributed by atoms with Crippen LogP contribution in [0.3, 0.4) is 0 Å². The van der Waals surface area contributed by atoms with Gasteiger partial charge in [-0.25, -0.2) is 0 Å². The van der Waals surface area contributed by atoms with E-state index in [0.29, 0.717) is 37.2 Å². The number of carbonyl (C=O) groups excluding carboxylic acids is 2. The highest BCUT2D eigenvalue weighted by atomic mass is 16.5. The molecule has 1 aliphatic heterocycles. The first-order chi connectivity index (χ1) is 9.70. The second-order valence-corrected chi connectivity index (χ2v) is 5.15. The summed E-state index contributed by atoms with van der Waals surface area (Å²) in [4.78, 5) is 24.1. The molecule has 1 aliphatic carbocycles. The minimum absolute atomic E-state index is 0.114. The van der Waals surface area contributed by atoms with E-state index in [9.17, 15) is 9.59 Å². The fraction of sp³-hybridized carbons (Fsp3) is 0.467. The van der Waals surface area contributed by atoms with E-state index in [4.69, 9.17) is 9.47 Å². The van der Waals surface area contributed by atoms with Crippen LogP contribution in [0.4, 0.5) is 0 Å². The van der Waals surface area contributed by atoms with Crippen molar-refractivity contribution in [2.45, 2.75) is 25.0 Å². The van der Waals surface area contributed by atoms with Gasteiger partial charge in [-0.1, -0.05) is 12.1 Å². The van der Waals surface area contributed by atoms with Crippen LogP contribution in [0.15, 0.2) is 18.2 Å². The quantitative estimate of drug-likeness (QED) is 0.892. The molecule has 2 atom stereocenters. The molecule has 0 radical (unpaired) electrons. The molecule has 1 saturated heterocycles. The zero-order valence-corrected chi connectivity index (χ0v) is 11.3. The van der Waals surface area contributed by atoms with Gasteiger partial charge in [0, 0.05) is 24.7 Å². The minimum Gasteiger partial charge on any atom is -0.377 e. The number of hydrogen-bond acceptors (Lipinski definition) is 4. The Hall–Kier alpha value is -1.72. The molecule has 5 nitrogen and oxygen atoms in total. The van der Waals surface area contributed by atoms with Crippen LogP contribution in [0.25, 0.3) is 0 Å². The maximum atomic E-state index is 12.4. The van der Waals surface area contributed by atoms with Crippen LogP contribution in [-0.4, -0.2) is 44.2 Å². The lowest BCUT2D eigenvalue weighted by Crippen LogP contribution is -2.43. The van der Waals surface area contributed by atoms with Gasteiger partial charge in [0.1, 0.15) is 6.10 Å². The van der Waals surface area contributed by atoms with Gasteiger partial charge >= 0.3 is 0 Å². The Bertz CT molecular complexity index is 555. The van der Waals surface area contributed by atoms with Crippen molar-refractivity contribution in [2.24, 2.45) is 0 Å². The van der Waals surface area contributed by atoms with Crippen LogP contribution >= 0.6 is 0 Å². The van der Waals surface area contributed by atoms with Crippen LogP contribution in [0.2, 0.25) is 0 Å². The first kappa shape index (κ1) is 13.3. The highest BCUT2D eigenvalue weighted by Crippen LogP contribution is 2.25. The summed E-state index contributed by atoms with van der Waals surface area (Å²) in [6, 6.07) is 5.18. The number of ketones is 1. The van der Waals surface area contributed by atoms with E-state index in [1.54, 1.807) is 25.3 Å². The molecule has 0 aromatic heterocycles. The monoisotopic (exact) mass is 275 g/mol. The van der Waals surface area contributed by atoms with E-state index in [2.05, 4.69) is 5.32 Å². The van der Waals surface area contributed by atoms with E-state index >= 15 is 0 Å². The molecule has 0 bridgehead atoms. The zero-order valence-electron chi connectivity index (χ0n) is 11.3. The standard InChI is InChI=1S/C15H17NO4/c1-19-14-8-20-7-12(14)16-15(18)11-4-2-3-10-9(11)5-6-13(10)17/h2-4,12,14H,5-8H2,1H3,(H,16,18)/t12-,14-/m0/s1. The van der Waals surface area contributed by atoms with Crippen molar-refractivity contribution in [1.29, 1.82) is 0 Å². The van der Waals surface area contributed by atoms with Crippen LogP contribution in [-0.2, 0) is 15.9 Å². The molecule has 1 amide bonds. The second-order valence-electron chi connectivity index (χ2n) is 5.15. The summed E-state index contributed by atoms with van der Waals surface area (Å²) >= 11 is 0. The Morgan fingerprint density at radius 1 is 1.35 bits per heavy atom. The number of amides is 1. The summed E-state index contributed by atoms with van der Waals surface area (Å²) in [7, 11) is 1.61. The summed E-state index contributed by atoms with van der Waals surface area (Å²) in [5.74, 6) is -0.0392. The van der Waals surface area contributed by atoms with E-state index in [1.165, 1.54) is 0 Å². The van der Waals surface area contributed by atoms with Gasteiger partial charge in [-0.2, -0.15) is 0 Å². The van der Waals surface area contributed by atoms with Crippen molar-refractivity contribution in [3.63, 3.8) is 0 Å². The van der Waals surface area contributed by atoms with Gasteiger partial charge in [-0.15, -0.1) is 0 Å². The minimum atomic E-state index is -0.158. The van der Waals surface area contributed by atoms with E-state index in [1.807, 2.05) is 0 Å². The Labute approximate surface area is 117 Å². The maximum Gasteiger partial charge on any atom is 0.251 e. The number of nitrogens with one attached hydrogen (secondary N) is 1. The molecule has 1 fully saturated rings. The molecule has 5 heteroatoms. The molecule has 1 aromatic carbocycles. The average molecular weight is 275 g/mol. The van der Waals surface area contributed by atoms with Gasteiger partial charge < -0.3 is 14.8 Å². The predicted molar refractivity (Wildman–Crippen MR) is 72.0 cm³/mol. The van der Waals surface area contributed by atoms with Crippen LogP contribution in [0.5, 0.6) is 0 Å². The van der Waals surface area contributed by atoms with Crippen LogP contribution < -0.4 is 5.32 Å². The Kier molecular flexibility index (Phi) is 3.54. The third kappa shape index (κ3) is 2.23. The lowest BCUT2D eigenvalue weighted by Gasteiger charge is -2.18. The Balaban J connectivity index is 1.80. The second kappa shape index (κ2) is 5.34. The fourth-order valence-corrected chi connectivity index (χ4v) is 2.85. The van der Waals surface area contributed by atoms with Crippen LogP contribution in [0, 0.1) is 0 Å². The third-order valence-corrected chi connectivity index (χ3v) is 3.97. The van der Waals surface area contributed by atoms with Crippen molar-refractivity contribution in [3.8, 4) is 0 Å². The number of rotatable bonds is 3. The molecule has 1 N–H and O–H groups in total. The van der Waals surface area contributed by atoms with Crippen molar-refractivity contribution in [1.82, 2.24) is 5.32 Å². The number of methoxy groups -OCH3 is 1. The SMILES string of the molecule is CO[C@H]1COC[C@@H]1NC(=O)c1cccc2c1CCC2=O. The number of carbonyl (C=O) groups is 2. The molecular formula is C15H17NO4. The molecule has 2 aliphatic rings. The van der Waals surface area contributed by atoms with Gasteiger partial charge in [0.15, 0.2) is 5.78 Å². The zero-order chi connectivity index (χ0) is 14.1. The Morgan fingerprint density at radius 2 is 2.20 bits per heavy atom. The lowest BCUT2D eigenvalue weighted by atomic mass is 10.0. The highest BCUT2D eigenvalue weighted by Gasteiger charge is 2.31. The van der Waals surface area contributed by atoms with Crippen LogP contribution in [0.1, 0.15) is 32.7 Å². The van der Waals surface area contributed by atoms with Gasteiger partial charge in [-0.3, -0.25) is 9.59 Å². The van der Waals surface area contributed by atoms with Crippen molar-refractivity contribution in [3.05, 3.63) is 34.9 Å². The topological polar surface area (TPSA) is 64.6 Å². The van der Waals surface area contributed by atoms with E-state index < -0.39 is 0 Å². The summed E-state index contributed by atoms with van der Waals surface area (Å²) in [5, 5.41) is 2.94. The number of fused-ring (bicyclic) bond motifs is 1. The molecule has 1 heterocycles. The number of Topliss-reactive ketones (excluding diaryl/α,β-unsaturated/α-hetero) is 1. The normalized spacial score (nSPS) is 24.8. The molecule has 0 spiro atoms. The first-order valence-corrected chi connectivity index (χ1v) is 6.77. The van der Waals surface area contributed by atoms with Crippen molar-refractivity contribution < 1.29 is 19.1 Å². The maximum absolute atomic E-state index is 12.4. The smallest absolute Gasteiger partial charge is 0.251 e. The highest BCUT2D eigenvalue weighted by molar-refractivity contribution is 6.05. The molecule has 0 unspecified atom stereocenters. The number of hydrogen-bond donors (Lipinski definition) is 1. The third-order valence-electron chi connectivity index (χ3n) is 3.97.